The molecule has 1 aromatic heterocycles. The molecule has 3 rings (SSSR count). The number of ether oxygens (including phenoxy) is 1. The summed E-state index contributed by atoms with van der Waals surface area (Å²) in [4.78, 5) is 0. The number of rotatable bonds is 6. The van der Waals surface area contributed by atoms with Crippen LogP contribution in [0.15, 0.2) is 59.8 Å². The average Bonchev–Trinajstić information content (AvgIpc) is 2.97. The number of hydrogen-bond acceptors (Lipinski definition) is 3. The summed E-state index contributed by atoms with van der Waals surface area (Å²) in [5.74, 6) is 0.873. The van der Waals surface area contributed by atoms with Gasteiger partial charge in [-0.2, -0.15) is 5.10 Å². The first kappa shape index (κ1) is 15.2. The highest BCUT2D eigenvalue weighted by atomic mass is 16.5. The van der Waals surface area contributed by atoms with Crippen molar-refractivity contribution >= 4 is 17.1 Å². The molecule has 4 nitrogen and oxygen atoms in total. The molecule has 0 saturated heterocycles. The highest BCUT2D eigenvalue weighted by Crippen LogP contribution is 2.20. The van der Waals surface area contributed by atoms with Crippen LogP contribution in [0.3, 0.4) is 0 Å². The normalized spacial score (nSPS) is 11.2. The Morgan fingerprint density at radius 1 is 1.13 bits per heavy atom. The zero-order valence-electron chi connectivity index (χ0n) is 13.5. The molecule has 3 aromatic rings. The van der Waals surface area contributed by atoms with Crippen molar-refractivity contribution < 1.29 is 4.74 Å². The van der Waals surface area contributed by atoms with Crippen molar-refractivity contribution in [3.63, 3.8) is 0 Å². The van der Waals surface area contributed by atoms with E-state index in [9.17, 15) is 0 Å². The smallest absolute Gasteiger partial charge is 0.123 e. The predicted octanol–water partition coefficient (Wildman–Crippen LogP) is 3.79. The molecule has 4 heteroatoms. The third kappa shape index (κ3) is 3.21. The van der Waals surface area contributed by atoms with Gasteiger partial charge in [0.1, 0.15) is 5.75 Å². The van der Waals surface area contributed by atoms with E-state index in [1.807, 2.05) is 30.5 Å². The molecule has 2 aromatic carbocycles. The van der Waals surface area contributed by atoms with E-state index in [4.69, 9.17) is 4.74 Å². The zero-order valence-corrected chi connectivity index (χ0v) is 13.5. The number of para-hydroxylation sites is 2. The number of aromatic nitrogens is 1. The minimum atomic E-state index is 0.632. The topological polar surface area (TPSA) is 38.5 Å². The molecular formula is C19H21N3O. The van der Waals surface area contributed by atoms with E-state index in [0.29, 0.717) is 6.54 Å². The Morgan fingerprint density at radius 2 is 1.91 bits per heavy atom. The highest BCUT2D eigenvalue weighted by Gasteiger charge is 2.05. The molecule has 0 saturated carbocycles. The van der Waals surface area contributed by atoms with Crippen molar-refractivity contribution in [1.82, 2.24) is 9.99 Å². The van der Waals surface area contributed by atoms with Gasteiger partial charge in [0.25, 0.3) is 0 Å². The van der Waals surface area contributed by atoms with Gasteiger partial charge < -0.3 is 14.7 Å². The van der Waals surface area contributed by atoms with Gasteiger partial charge in [0.05, 0.1) is 19.9 Å². The van der Waals surface area contributed by atoms with E-state index in [0.717, 1.165) is 23.4 Å². The second-order valence-electron chi connectivity index (χ2n) is 5.29. The van der Waals surface area contributed by atoms with Crippen LogP contribution in [0.1, 0.15) is 18.1 Å². The summed E-state index contributed by atoms with van der Waals surface area (Å²) in [5.41, 5.74) is 6.54. The van der Waals surface area contributed by atoms with Gasteiger partial charge in [-0.1, -0.05) is 36.4 Å². The van der Waals surface area contributed by atoms with Gasteiger partial charge >= 0.3 is 0 Å². The molecule has 0 unspecified atom stereocenters. The van der Waals surface area contributed by atoms with Crippen molar-refractivity contribution in [2.24, 2.45) is 5.10 Å². The molecular weight excluding hydrogens is 286 g/mol. The lowest BCUT2D eigenvalue weighted by Crippen LogP contribution is -2.06. The molecule has 0 aliphatic heterocycles. The van der Waals surface area contributed by atoms with E-state index in [2.05, 4.69) is 52.5 Å². The molecule has 0 radical (unpaired) electrons. The first-order valence-corrected chi connectivity index (χ1v) is 7.79. The summed E-state index contributed by atoms with van der Waals surface area (Å²) in [5, 5.41) is 5.59. The van der Waals surface area contributed by atoms with Gasteiger partial charge in [-0.3, -0.25) is 0 Å². The molecule has 0 aliphatic rings. The number of fused-ring (bicyclic) bond motifs is 1. The van der Waals surface area contributed by atoms with Crippen LogP contribution in [0.25, 0.3) is 10.9 Å². The van der Waals surface area contributed by atoms with Crippen LogP contribution in [-0.4, -0.2) is 17.9 Å². The molecule has 1 heterocycles. The molecule has 1 N–H and O–H groups in total. The summed E-state index contributed by atoms with van der Waals surface area (Å²) in [6.07, 6.45) is 4.02. The maximum absolute atomic E-state index is 5.34. The van der Waals surface area contributed by atoms with Gasteiger partial charge in [0, 0.05) is 34.8 Å². The monoisotopic (exact) mass is 307 g/mol. The van der Waals surface area contributed by atoms with E-state index >= 15 is 0 Å². The van der Waals surface area contributed by atoms with Crippen LogP contribution in [0.2, 0.25) is 0 Å². The summed E-state index contributed by atoms with van der Waals surface area (Å²) in [6.45, 7) is 3.73. The number of aryl methyl sites for hydroxylation is 1. The second kappa shape index (κ2) is 7.01. The fourth-order valence-corrected chi connectivity index (χ4v) is 2.73. The fraction of sp³-hybridized carbons (Fsp3) is 0.211. The number of hydrazone groups is 1. The molecule has 0 spiro atoms. The second-order valence-corrected chi connectivity index (χ2v) is 5.29. The lowest BCUT2D eigenvalue weighted by atomic mass is 10.2. The van der Waals surface area contributed by atoms with Crippen LogP contribution in [0.5, 0.6) is 5.75 Å². The Kier molecular flexibility index (Phi) is 4.62. The Bertz CT molecular complexity index is 820. The largest absolute Gasteiger partial charge is 0.496 e. The van der Waals surface area contributed by atoms with Crippen molar-refractivity contribution in [2.75, 3.05) is 7.11 Å². The van der Waals surface area contributed by atoms with Gasteiger partial charge in [-0.25, -0.2) is 0 Å². The molecule has 0 amide bonds. The Morgan fingerprint density at radius 3 is 2.74 bits per heavy atom. The van der Waals surface area contributed by atoms with Gasteiger partial charge in [0.15, 0.2) is 0 Å². The maximum atomic E-state index is 5.34. The van der Waals surface area contributed by atoms with Crippen LogP contribution in [-0.2, 0) is 13.1 Å². The molecule has 118 valence electrons. The van der Waals surface area contributed by atoms with Gasteiger partial charge in [0.2, 0.25) is 0 Å². The molecule has 23 heavy (non-hydrogen) atoms. The summed E-state index contributed by atoms with van der Waals surface area (Å²) >= 11 is 0. The zero-order chi connectivity index (χ0) is 16.1. The average molecular weight is 307 g/mol. The summed E-state index contributed by atoms with van der Waals surface area (Å²) in [7, 11) is 1.68. The summed E-state index contributed by atoms with van der Waals surface area (Å²) < 4.78 is 7.57. The SMILES string of the molecule is CCn1cc(/C=N\NCc2ccccc2OC)c2ccccc21. The van der Waals surface area contributed by atoms with E-state index in [-0.39, 0.29) is 0 Å². The quantitative estimate of drug-likeness (QED) is 0.556. The number of nitrogens with zero attached hydrogens (tertiary/aromatic N) is 2. The Labute approximate surface area is 136 Å². The van der Waals surface area contributed by atoms with Crippen LogP contribution >= 0.6 is 0 Å². The van der Waals surface area contributed by atoms with Crippen molar-refractivity contribution in [1.29, 1.82) is 0 Å². The molecule has 0 fully saturated rings. The van der Waals surface area contributed by atoms with Gasteiger partial charge in [-0.15, -0.1) is 0 Å². The van der Waals surface area contributed by atoms with E-state index in [1.54, 1.807) is 7.11 Å². The Hall–Kier alpha value is -2.75. The first-order valence-electron chi connectivity index (χ1n) is 7.79. The third-order valence-electron chi connectivity index (χ3n) is 3.92. The standard InChI is InChI=1S/C19H21N3O/c1-3-22-14-16(17-9-5-6-10-18(17)22)13-21-20-12-15-8-4-7-11-19(15)23-2/h4-11,13-14,20H,3,12H2,1-2H3/b21-13-. The lowest BCUT2D eigenvalue weighted by Gasteiger charge is -2.07. The third-order valence-corrected chi connectivity index (χ3v) is 3.92. The number of benzene rings is 2. The van der Waals surface area contributed by atoms with Crippen molar-refractivity contribution in [3.05, 3.63) is 65.9 Å². The van der Waals surface area contributed by atoms with Crippen molar-refractivity contribution in [3.8, 4) is 5.75 Å². The predicted molar refractivity (Wildman–Crippen MR) is 95.0 cm³/mol. The number of methoxy groups -OCH3 is 1. The molecule has 0 atom stereocenters. The molecule has 0 bridgehead atoms. The Balaban J connectivity index is 1.74. The van der Waals surface area contributed by atoms with Gasteiger partial charge in [-0.05, 0) is 19.1 Å². The number of nitrogens with one attached hydrogen (secondary N) is 1. The maximum Gasteiger partial charge on any atom is 0.123 e. The minimum absolute atomic E-state index is 0.632. The lowest BCUT2D eigenvalue weighted by molar-refractivity contribution is 0.408. The van der Waals surface area contributed by atoms with E-state index in [1.165, 1.54) is 10.9 Å². The first-order chi connectivity index (χ1) is 11.3. The van der Waals surface area contributed by atoms with Crippen LogP contribution in [0, 0.1) is 0 Å². The number of hydrogen-bond donors (Lipinski definition) is 1. The molecule has 0 aliphatic carbocycles. The summed E-state index contributed by atoms with van der Waals surface area (Å²) in [6, 6.07) is 16.3. The highest BCUT2D eigenvalue weighted by molar-refractivity contribution is 5.99. The fourth-order valence-electron chi connectivity index (χ4n) is 2.73. The van der Waals surface area contributed by atoms with Crippen LogP contribution < -0.4 is 10.2 Å². The van der Waals surface area contributed by atoms with E-state index < -0.39 is 0 Å². The van der Waals surface area contributed by atoms with Crippen molar-refractivity contribution in [2.45, 2.75) is 20.0 Å². The minimum Gasteiger partial charge on any atom is -0.496 e. The van der Waals surface area contributed by atoms with Crippen LogP contribution in [0.4, 0.5) is 0 Å².